The van der Waals surface area contributed by atoms with Crippen LogP contribution in [0.2, 0.25) is 0 Å². The third kappa shape index (κ3) is 1.66. The molecule has 0 atom stereocenters. The van der Waals surface area contributed by atoms with E-state index in [1.807, 2.05) is 0 Å². The molecular formula is C9H10FNO2. The fourth-order valence-corrected chi connectivity index (χ4v) is 1.28. The highest BCUT2D eigenvalue weighted by Crippen LogP contribution is 2.24. The SMILES string of the molecule is Cc1ccc([N+](=O)[O-])c(C)c1CF. The standard InChI is InChI=1S/C9H10FNO2/c1-6-3-4-9(11(12)13)7(2)8(6)5-10/h3-4H,5H2,1-2H3. The Labute approximate surface area is 75.3 Å². The summed E-state index contributed by atoms with van der Waals surface area (Å²) in [7, 11) is 0. The molecule has 0 unspecified atom stereocenters. The van der Waals surface area contributed by atoms with Crippen molar-refractivity contribution in [3.8, 4) is 0 Å². The van der Waals surface area contributed by atoms with E-state index in [1.165, 1.54) is 6.07 Å². The summed E-state index contributed by atoms with van der Waals surface area (Å²) in [5.41, 5.74) is 1.59. The lowest BCUT2D eigenvalue weighted by atomic mass is 10.0. The highest BCUT2D eigenvalue weighted by atomic mass is 19.1. The Morgan fingerprint density at radius 1 is 1.46 bits per heavy atom. The smallest absolute Gasteiger partial charge is 0.258 e. The highest BCUT2D eigenvalue weighted by molar-refractivity contribution is 5.47. The molecule has 0 saturated carbocycles. The van der Waals surface area contributed by atoms with Gasteiger partial charge in [-0.3, -0.25) is 10.1 Å². The van der Waals surface area contributed by atoms with E-state index < -0.39 is 11.6 Å². The Hall–Kier alpha value is -1.45. The molecule has 0 amide bonds. The molecule has 0 saturated heterocycles. The summed E-state index contributed by atoms with van der Waals surface area (Å²) in [6.07, 6.45) is 0. The monoisotopic (exact) mass is 183 g/mol. The number of hydrogen-bond acceptors (Lipinski definition) is 2. The first-order chi connectivity index (χ1) is 6.07. The van der Waals surface area contributed by atoms with Gasteiger partial charge < -0.3 is 0 Å². The van der Waals surface area contributed by atoms with E-state index in [1.54, 1.807) is 19.9 Å². The number of aryl methyl sites for hydroxylation is 1. The fraction of sp³-hybridized carbons (Fsp3) is 0.333. The van der Waals surface area contributed by atoms with Crippen LogP contribution in [0.15, 0.2) is 12.1 Å². The van der Waals surface area contributed by atoms with Gasteiger partial charge in [-0.05, 0) is 25.0 Å². The second-order valence-electron chi connectivity index (χ2n) is 2.90. The molecule has 0 aliphatic heterocycles. The normalized spacial score (nSPS) is 10.1. The predicted octanol–water partition coefficient (Wildman–Crippen LogP) is 2.68. The number of nitro groups is 1. The number of halogens is 1. The van der Waals surface area contributed by atoms with Crippen LogP contribution in [0, 0.1) is 24.0 Å². The maximum Gasteiger partial charge on any atom is 0.272 e. The molecule has 0 N–H and O–H groups in total. The van der Waals surface area contributed by atoms with Gasteiger partial charge in [-0.2, -0.15) is 0 Å². The van der Waals surface area contributed by atoms with Crippen LogP contribution in [0.25, 0.3) is 0 Å². The number of nitrogens with zero attached hydrogens (tertiary/aromatic N) is 1. The minimum absolute atomic E-state index is 0.0155. The first kappa shape index (κ1) is 9.64. The van der Waals surface area contributed by atoms with Gasteiger partial charge in [0.15, 0.2) is 0 Å². The maximum atomic E-state index is 12.5. The van der Waals surface area contributed by atoms with Crippen LogP contribution in [0.1, 0.15) is 16.7 Å². The molecular weight excluding hydrogens is 173 g/mol. The van der Waals surface area contributed by atoms with Crippen molar-refractivity contribution in [1.82, 2.24) is 0 Å². The van der Waals surface area contributed by atoms with Crippen LogP contribution in [-0.4, -0.2) is 4.92 Å². The lowest BCUT2D eigenvalue weighted by molar-refractivity contribution is -0.385. The largest absolute Gasteiger partial charge is 0.272 e. The van der Waals surface area contributed by atoms with Crippen LogP contribution < -0.4 is 0 Å². The van der Waals surface area contributed by atoms with Gasteiger partial charge in [0.25, 0.3) is 5.69 Å². The van der Waals surface area contributed by atoms with Crippen molar-refractivity contribution in [2.45, 2.75) is 20.5 Å². The quantitative estimate of drug-likeness (QED) is 0.522. The van der Waals surface area contributed by atoms with E-state index >= 15 is 0 Å². The van der Waals surface area contributed by atoms with Crippen molar-refractivity contribution in [1.29, 1.82) is 0 Å². The summed E-state index contributed by atoms with van der Waals surface area (Å²) >= 11 is 0. The number of rotatable bonds is 2. The predicted molar refractivity (Wildman–Crippen MR) is 47.4 cm³/mol. The van der Waals surface area contributed by atoms with E-state index in [-0.39, 0.29) is 5.69 Å². The van der Waals surface area contributed by atoms with Crippen LogP contribution in [0.5, 0.6) is 0 Å². The molecule has 1 aromatic rings. The molecule has 13 heavy (non-hydrogen) atoms. The molecule has 0 aliphatic rings. The third-order valence-corrected chi connectivity index (χ3v) is 2.13. The Bertz CT molecular complexity index is 350. The number of benzene rings is 1. The van der Waals surface area contributed by atoms with Crippen LogP contribution >= 0.6 is 0 Å². The average molecular weight is 183 g/mol. The van der Waals surface area contributed by atoms with Crippen LogP contribution in [-0.2, 0) is 6.67 Å². The minimum Gasteiger partial charge on any atom is -0.258 e. The molecule has 0 spiro atoms. The van der Waals surface area contributed by atoms with Gasteiger partial charge in [0.05, 0.1) is 4.92 Å². The molecule has 1 aromatic carbocycles. The van der Waals surface area contributed by atoms with E-state index in [9.17, 15) is 14.5 Å². The number of nitro benzene ring substituents is 1. The molecule has 0 bridgehead atoms. The molecule has 4 heteroatoms. The van der Waals surface area contributed by atoms with Gasteiger partial charge in [0, 0.05) is 11.6 Å². The zero-order valence-corrected chi connectivity index (χ0v) is 7.50. The summed E-state index contributed by atoms with van der Waals surface area (Å²) < 4.78 is 12.5. The second-order valence-corrected chi connectivity index (χ2v) is 2.90. The summed E-state index contributed by atoms with van der Waals surface area (Å²) in [5, 5.41) is 10.5. The van der Waals surface area contributed by atoms with Crippen molar-refractivity contribution in [3.63, 3.8) is 0 Å². The van der Waals surface area contributed by atoms with Gasteiger partial charge >= 0.3 is 0 Å². The van der Waals surface area contributed by atoms with Gasteiger partial charge in [-0.1, -0.05) is 6.07 Å². The maximum absolute atomic E-state index is 12.5. The molecule has 0 heterocycles. The Kier molecular flexibility index (Phi) is 2.60. The average Bonchev–Trinajstić information content (AvgIpc) is 2.04. The summed E-state index contributed by atoms with van der Waals surface area (Å²) in [5.74, 6) is 0. The lowest BCUT2D eigenvalue weighted by Gasteiger charge is -2.05. The van der Waals surface area contributed by atoms with Crippen molar-refractivity contribution in [2.75, 3.05) is 0 Å². The molecule has 0 fully saturated rings. The third-order valence-electron chi connectivity index (χ3n) is 2.13. The van der Waals surface area contributed by atoms with E-state index in [4.69, 9.17) is 0 Å². The van der Waals surface area contributed by atoms with Gasteiger partial charge in [0.1, 0.15) is 6.67 Å². The summed E-state index contributed by atoms with van der Waals surface area (Å²) in [6, 6.07) is 2.98. The Balaban J connectivity index is 3.35. The zero-order valence-electron chi connectivity index (χ0n) is 7.50. The Morgan fingerprint density at radius 3 is 2.54 bits per heavy atom. The van der Waals surface area contributed by atoms with Gasteiger partial charge in [-0.25, -0.2) is 4.39 Å². The van der Waals surface area contributed by atoms with Crippen molar-refractivity contribution < 1.29 is 9.31 Å². The number of hydrogen-bond donors (Lipinski definition) is 0. The zero-order chi connectivity index (χ0) is 10.0. The van der Waals surface area contributed by atoms with Gasteiger partial charge in [-0.15, -0.1) is 0 Å². The van der Waals surface area contributed by atoms with Gasteiger partial charge in [0.2, 0.25) is 0 Å². The minimum atomic E-state index is -0.653. The molecule has 70 valence electrons. The van der Waals surface area contributed by atoms with Crippen molar-refractivity contribution in [2.24, 2.45) is 0 Å². The lowest BCUT2D eigenvalue weighted by Crippen LogP contribution is -1.97. The van der Waals surface area contributed by atoms with Crippen molar-refractivity contribution in [3.05, 3.63) is 38.9 Å². The molecule has 0 radical (unpaired) electrons. The second kappa shape index (κ2) is 3.51. The molecule has 3 nitrogen and oxygen atoms in total. The van der Waals surface area contributed by atoms with Crippen molar-refractivity contribution >= 4 is 5.69 Å². The highest BCUT2D eigenvalue weighted by Gasteiger charge is 2.14. The molecule has 0 aliphatic carbocycles. The van der Waals surface area contributed by atoms with Crippen LogP contribution in [0.4, 0.5) is 10.1 Å². The molecule has 1 rings (SSSR count). The van der Waals surface area contributed by atoms with Crippen LogP contribution in [0.3, 0.4) is 0 Å². The van der Waals surface area contributed by atoms with E-state index in [0.29, 0.717) is 11.1 Å². The topological polar surface area (TPSA) is 43.1 Å². The first-order valence-corrected chi connectivity index (χ1v) is 3.87. The van der Waals surface area contributed by atoms with E-state index in [2.05, 4.69) is 0 Å². The number of alkyl halides is 1. The fourth-order valence-electron chi connectivity index (χ4n) is 1.28. The first-order valence-electron chi connectivity index (χ1n) is 3.87. The molecule has 0 aromatic heterocycles. The summed E-state index contributed by atoms with van der Waals surface area (Å²) in [6.45, 7) is 2.66. The Morgan fingerprint density at radius 2 is 2.08 bits per heavy atom. The summed E-state index contributed by atoms with van der Waals surface area (Å²) in [4.78, 5) is 9.99. The van der Waals surface area contributed by atoms with E-state index in [0.717, 1.165) is 5.56 Å².